The number of nitrogens with one attached hydrogen (secondary N) is 1. The van der Waals surface area contributed by atoms with Crippen LogP contribution in [0, 0.1) is 5.41 Å². The first kappa shape index (κ1) is 15.5. The molecule has 3 rings (SSSR count). The van der Waals surface area contributed by atoms with Crippen LogP contribution >= 0.6 is 11.3 Å². The third-order valence-corrected chi connectivity index (χ3v) is 6.19. The van der Waals surface area contributed by atoms with E-state index in [1.54, 1.807) is 0 Å². The maximum Gasteiger partial charge on any atom is 0.0329 e. The van der Waals surface area contributed by atoms with Crippen LogP contribution in [0.5, 0.6) is 0 Å². The van der Waals surface area contributed by atoms with Crippen molar-refractivity contribution in [1.82, 2.24) is 15.1 Å². The maximum atomic E-state index is 3.52. The number of nitrogens with zero attached hydrogens (tertiary/aromatic N) is 2. The monoisotopic (exact) mass is 307 g/mol. The van der Waals surface area contributed by atoms with Gasteiger partial charge in [0.2, 0.25) is 0 Å². The van der Waals surface area contributed by atoms with Gasteiger partial charge in [0.1, 0.15) is 0 Å². The minimum absolute atomic E-state index is 0.506. The summed E-state index contributed by atoms with van der Waals surface area (Å²) in [6.45, 7) is 14.4. The summed E-state index contributed by atoms with van der Waals surface area (Å²) in [5.74, 6) is 0. The van der Waals surface area contributed by atoms with Gasteiger partial charge in [-0.25, -0.2) is 0 Å². The van der Waals surface area contributed by atoms with E-state index in [2.05, 4.69) is 41.1 Å². The SMILES string of the molecule is CCc1ccc(CN2CCN(CC3(C)CCNC3)CC2)s1. The Balaban J connectivity index is 1.44. The molecule has 21 heavy (non-hydrogen) atoms. The van der Waals surface area contributed by atoms with Gasteiger partial charge in [-0.05, 0) is 36.9 Å². The lowest BCUT2D eigenvalue weighted by Crippen LogP contribution is -2.49. The molecule has 1 aromatic rings. The summed E-state index contributed by atoms with van der Waals surface area (Å²) in [5.41, 5.74) is 0.506. The predicted molar refractivity (Wildman–Crippen MR) is 91.0 cm³/mol. The Labute approximate surface area is 133 Å². The predicted octanol–water partition coefficient (Wildman–Crippen LogP) is 2.43. The van der Waals surface area contributed by atoms with Gasteiger partial charge in [-0.2, -0.15) is 0 Å². The van der Waals surface area contributed by atoms with Crippen LogP contribution in [-0.4, -0.2) is 55.6 Å². The molecular formula is C17H29N3S. The van der Waals surface area contributed by atoms with Crippen LogP contribution in [0.15, 0.2) is 12.1 Å². The quantitative estimate of drug-likeness (QED) is 0.901. The fourth-order valence-electron chi connectivity index (χ4n) is 3.57. The van der Waals surface area contributed by atoms with Gasteiger partial charge >= 0.3 is 0 Å². The van der Waals surface area contributed by atoms with Gasteiger partial charge in [0.25, 0.3) is 0 Å². The molecule has 3 heterocycles. The highest BCUT2D eigenvalue weighted by Crippen LogP contribution is 2.26. The van der Waals surface area contributed by atoms with E-state index in [-0.39, 0.29) is 0 Å². The van der Waals surface area contributed by atoms with Crippen molar-refractivity contribution in [3.63, 3.8) is 0 Å². The van der Waals surface area contributed by atoms with Crippen LogP contribution in [0.4, 0.5) is 0 Å². The first-order valence-corrected chi connectivity index (χ1v) is 9.21. The molecule has 0 saturated carbocycles. The molecule has 3 nitrogen and oxygen atoms in total. The number of aryl methyl sites for hydroxylation is 1. The smallest absolute Gasteiger partial charge is 0.0329 e. The number of hydrogen-bond donors (Lipinski definition) is 1. The molecule has 1 aromatic heterocycles. The number of piperazine rings is 1. The van der Waals surface area contributed by atoms with Gasteiger partial charge < -0.3 is 10.2 Å². The highest BCUT2D eigenvalue weighted by atomic mass is 32.1. The molecule has 0 aromatic carbocycles. The Hall–Kier alpha value is -0.420. The maximum absolute atomic E-state index is 3.52. The number of hydrogen-bond acceptors (Lipinski definition) is 4. The van der Waals surface area contributed by atoms with Crippen LogP contribution < -0.4 is 5.32 Å². The Morgan fingerprint density at radius 1 is 1.14 bits per heavy atom. The van der Waals surface area contributed by atoms with E-state index in [9.17, 15) is 0 Å². The van der Waals surface area contributed by atoms with E-state index >= 15 is 0 Å². The minimum Gasteiger partial charge on any atom is -0.316 e. The Bertz CT molecular complexity index is 443. The summed E-state index contributed by atoms with van der Waals surface area (Å²) in [7, 11) is 0. The van der Waals surface area contributed by atoms with Crippen molar-refractivity contribution in [2.45, 2.75) is 33.2 Å². The van der Waals surface area contributed by atoms with Crippen molar-refractivity contribution in [1.29, 1.82) is 0 Å². The lowest BCUT2D eigenvalue weighted by Gasteiger charge is -2.38. The Kier molecular flexibility index (Phi) is 4.99. The van der Waals surface area contributed by atoms with Crippen LogP contribution in [0.2, 0.25) is 0 Å². The number of rotatable bonds is 5. The van der Waals surface area contributed by atoms with Crippen molar-refractivity contribution < 1.29 is 0 Å². The molecule has 0 bridgehead atoms. The van der Waals surface area contributed by atoms with Crippen molar-refractivity contribution in [3.05, 3.63) is 21.9 Å². The lowest BCUT2D eigenvalue weighted by molar-refractivity contribution is 0.0938. The lowest BCUT2D eigenvalue weighted by atomic mass is 9.89. The second-order valence-electron chi connectivity index (χ2n) is 7.01. The third-order valence-electron chi connectivity index (χ3n) is 4.97. The molecule has 0 aliphatic carbocycles. The summed E-state index contributed by atoms with van der Waals surface area (Å²) < 4.78 is 0. The van der Waals surface area contributed by atoms with Gasteiger partial charge in [0, 0.05) is 55.6 Å². The zero-order valence-electron chi connectivity index (χ0n) is 13.5. The standard InChI is InChI=1S/C17H29N3S/c1-3-15-4-5-16(21-15)12-19-8-10-20(11-9-19)14-17(2)6-7-18-13-17/h4-5,18H,3,6-14H2,1-2H3. The molecule has 2 aliphatic heterocycles. The molecular weight excluding hydrogens is 278 g/mol. The minimum atomic E-state index is 0.506. The fourth-order valence-corrected chi connectivity index (χ4v) is 4.57. The Morgan fingerprint density at radius 2 is 1.86 bits per heavy atom. The average Bonchev–Trinajstić information content (AvgIpc) is 3.10. The van der Waals surface area contributed by atoms with Crippen LogP contribution in [0.3, 0.4) is 0 Å². The molecule has 0 spiro atoms. The first-order chi connectivity index (χ1) is 10.2. The molecule has 118 valence electrons. The van der Waals surface area contributed by atoms with Crippen molar-refractivity contribution >= 4 is 11.3 Å². The second-order valence-corrected chi connectivity index (χ2v) is 8.26. The summed E-state index contributed by atoms with van der Waals surface area (Å²) in [4.78, 5) is 8.35. The van der Waals surface area contributed by atoms with Crippen molar-refractivity contribution in [2.75, 3.05) is 45.8 Å². The normalized spacial score (nSPS) is 28.3. The highest BCUT2D eigenvalue weighted by molar-refractivity contribution is 7.11. The molecule has 4 heteroatoms. The molecule has 1 atom stereocenters. The summed E-state index contributed by atoms with van der Waals surface area (Å²) in [6.07, 6.45) is 2.51. The highest BCUT2D eigenvalue weighted by Gasteiger charge is 2.31. The molecule has 1 N–H and O–H groups in total. The second kappa shape index (κ2) is 6.78. The van der Waals surface area contributed by atoms with Crippen LogP contribution in [0.1, 0.15) is 30.0 Å². The summed E-state index contributed by atoms with van der Waals surface area (Å²) in [6, 6.07) is 4.62. The molecule has 0 radical (unpaired) electrons. The van der Waals surface area contributed by atoms with Crippen LogP contribution in [0.25, 0.3) is 0 Å². The van der Waals surface area contributed by atoms with E-state index in [1.165, 1.54) is 68.4 Å². The van der Waals surface area contributed by atoms with Crippen LogP contribution in [-0.2, 0) is 13.0 Å². The van der Waals surface area contributed by atoms with Gasteiger partial charge in [-0.15, -0.1) is 11.3 Å². The molecule has 2 saturated heterocycles. The first-order valence-electron chi connectivity index (χ1n) is 8.40. The average molecular weight is 308 g/mol. The van der Waals surface area contributed by atoms with Gasteiger partial charge in [-0.1, -0.05) is 13.8 Å². The molecule has 0 amide bonds. The third kappa shape index (κ3) is 4.07. The van der Waals surface area contributed by atoms with Crippen molar-refractivity contribution in [2.24, 2.45) is 5.41 Å². The van der Waals surface area contributed by atoms with Gasteiger partial charge in [-0.3, -0.25) is 4.90 Å². The van der Waals surface area contributed by atoms with E-state index in [1.807, 2.05) is 11.3 Å². The zero-order chi connectivity index (χ0) is 14.7. The fraction of sp³-hybridized carbons (Fsp3) is 0.765. The topological polar surface area (TPSA) is 18.5 Å². The largest absolute Gasteiger partial charge is 0.316 e. The van der Waals surface area contributed by atoms with Gasteiger partial charge in [0.05, 0.1) is 0 Å². The van der Waals surface area contributed by atoms with E-state index < -0.39 is 0 Å². The van der Waals surface area contributed by atoms with E-state index in [4.69, 9.17) is 0 Å². The van der Waals surface area contributed by atoms with Gasteiger partial charge in [0.15, 0.2) is 0 Å². The van der Waals surface area contributed by atoms with E-state index in [0.29, 0.717) is 5.41 Å². The number of thiophene rings is 1. The summed E-state index contributed by atoms with van der Waals surface area (Å²) >= 11 is 1.99. The summed E-state index contributed by atoms with van der Waals surface area (Å²) in [5, 5.41) is 3.52. The Morgan fingerprint density at radius 3 is 2.48 bits per heavy atom. The van der Waals surface area contributed by atoms with Crippen molar-refractivity contribution in [3.8, 4) is 0 Å². The zero-order valence-corrected chi connectivity index (χ0v) is 14.3. The molecule has 1 unspecified atom stereocenters. The van der Waals surface area contributed by atoms with E-state index in [0.717, 1.165) is 6.54 Å². The molecule has 2 fully saturated rings. The molecule has 2 aliphatic rings.